The molecule has 0 spiro atoms. The minimum absolute atomic E-state index is 0.120. The van der Waals surface area contributed by atoms with Crippen molar-refractivity contribution in [3.63, 3.8) is 0 Å². The van der Waals surface area contributed by atoms with Crippen molar-refractivity contribution in [2.75, 3.05) is 12.3 Å². The van der Waals surface area contributed by atoms with Crippen LogP contribution in [0, 0.1) is 5.82 Å². The largest absolute Gasteiger partial charge is 0.460 e. The van der Waals surface area contributed by atoms with Crippen LogP contribution in [0.5, 0.6) is 0 Å². The average molecular weight is 249 g/mol. The summed E-state index contributed by atoms with van der Waals surface area (Å²) in [6.07, 6.45) is 3.37. The van der Waals surface area contributed by atoms with Crippen LogP contribution < -0.4 is 5.73 Å². The van der Waals surface area contributed by atoms with E-state index in [9.17, 15) is 9.18 Å². The Labute approximate surface area is 103 Å². The van der Waals surface area contributed by atoms with Gasteiger partial charge in [0.25, 0.3) is 0 Å². The van der Waals surface area contributed by atoms with E-state index < -0.39 is 11.8 Å². The van der Waals surface area contributed by atoms with E-state index in [1.165, 1.54) is 12.1 Å². The van der Waals surface area contributed by atoms with Crippen molar-refractivity contribution in [1.29, 1.82) is 0 Å². The molecule has 0 radical (unpaired) electrons. The second kappa shape index (κ2) is 5.31. The van der Waals surface area contributed by atoms with Gasteiger partial charge >= 0.3 is 5.97 Å². The predicted molar refractivity (Wildman–Crippen MR) is 63.3 cm³/mol. The lowest BCUT2D eigenvalue weighted by molar-refractivity contribution is 0.0482. The molecule has 0 saturated heterocycles. The van der Waals surface area contributed by atoms with Crippen LogP contribution in [-0.2, 0) is 11.3 Å². The minimum Gasteiger partial charge on any atom is -0.460 e. The molecule has 0 atom stereocenters. The number of aromatic nitrogens is 2. The summed E-state index contributed by atoms with van der Waals surface area (Å²) in [5.41, 5.74) is 5.64. The lowest BCUT2D eigenvalue weighted by atomic mass is 10.2. The summed E-state index contributed by atoms with van der Waals surface area (Å²) in [5, 5.41) is 3.95. The van der Waals surface area contributed by atoms with Crippen LogP contribution in [0.1, 0.15) is 10.4 Å². The fourth-order valence-corrected chi connectivity index (χ4v) is 1.44. The number of hydrogen-bond donors (Lipinski definition) is 1. The lowest BCUT2D eigenvalue weighted by Gasteiger charge is -2.06. The number of ether oxygens (including phenoxy) is 1. The van der Waals surface area contributed by atoms with Crippen molar-refractivity contribution in [2.24, 2.45) is 0 Å². The van der Waals surface area contributed by atoms with Gasteiger partial charge in [0.1, 0.15) is 12.4 Å². The molecule has 0 aliphatic carbocycles. The molecule has 0 unspecified atom stereocenters. The summed E-state index contributed by atoms with van der Waals surface area (Å²) in [5.74, 6) is -1.37. The third-order valence-corrected chi connectivity index (χ3v) is 2.32. The highest BCUT2D eigenvalue weighted by Gasteiger charge is 2.13. The van der Waals surface area contributed by atoms with Gasteiger partial charge in [-0.2, -0.15) is 5.10 Å². The smallest absolute Gasteiger partial charge is 0.341 e. The Morgan fingerprint density at radius 1 is 1.50 bits per heavy atom. The molecule has 1 heterocycles. The van der Waals surface area contributed by atoms with Gasteiger partial charge in [-0.3, -0.25) is 4.68 Å². The first-order valence-corrected chi connectivity index (χ1v) is 5.36. The van der Waals surface area contributed by atoms with Gasteiger partial charge in [-0.05, 0) is 24.3 Å². The Hall–Kier alpha value is -2.37. The van der Waals surface area contributed by atoms with Crippen molar-refractivity contribution in [3.05, 3.63) is 48.0 Å². The van der Waals surface area contributed by atoms with Gasteiger partial charge in [-0.25, -0.2) is 9.18 Å². The summed E-state index contributed by atoms with van der Waals surface area (Å²) in [7, 11) is 0. The Kier molecular flexibility index (Phi) is 3.57. The van der Waals surface area contributed by atoms with E-state index in [-0.39, 0.29) is 12.2 Å². The molecule has 2 aromatic rings. The molecule has 0 amide bonds. The molecular weight excluding hydrogens is 237 g/mol. The van der Waals surface area contributed by atoms with Crippen molar-refractivity contribution in [2.45, 2.75) is 6.54 Å². The summed E-state index contributed by atoms with van der Waals surface area (Å²) < 4.78 is 19.9. The van der Waals surface area contributed by atoms with Gasteiger partial charge in [0.2, 0.25) is 0 Å². The van der Waals surface area contributed by atoms with Crippen molar-refractivity contribution < 1.29 is 13.9 Å². The summed E-state index contributed by atoms with van der Waals surface area (Å²) in [6.45, 7) is 0.539. The molecule has 6 heteroatoms. The zero-order valence-electron chi connectivity index (χ0n) is 9.54. The minimum atomic E-state index is -0.730. The van der Waals surface area contributed by atoms with E-state index >= 15 is 0 Å². The van der Waals surface area contributed by atoms with Gasteiger partial charge in [0.05, 0.1) is 12.1 Å². The number of benzene rings is 1. The number of hydrogen-bond acceptors (Lipinski definition) is 4. The Bertz CT molecular complexity index is 540. The zero-order chi connectivity index (χ0) is 13.0. The van der Waals surface area contributed by atoms with Crippen LogP contribution in [0.3, 0.4) is 0 Å². The zero-order valence-corrected chi connectivity index (χ0v) is 9.54. The monoisotopic (exact) mass is 249 g/mol. The van der Waals surface area contributed by atoms with Crippen LogP contribution in [0.25, 0.3) is 0 Å². The van der Waals surface area contributed by atoms with Crippen LogP contribution >= 0.6 is 0 Å². The molecule has 0 bridgehead atoms. The SMILES string of the molecule is Nc1ccc(F)c(C(=O)OCCn2cccn2)c1. The highest BCUT2D eigenvalue weighted by atomic mass is 19.1. The number of nitrogens with zero attached hydrogens (tertiary/aromatic N) is 2. The molecule has 1 aromatic carbocycles. The molecule has 94 valence electrons. The maximum atomic E-state index is 13.3. The van der Waals surface area contributed by atoms with Crippen LogP contribution in [0.15, 0.2) is 36.7 Å². The number of halogens is 1. The van der Waals surface area contributed by atoms with Crippen molar-refractivity contribution in [3.8, 4) is 0 Å². The Morgan fingerprint density at radius 2 is 2.33 bits per heavy atom. The second-order valence-corrected chi connectivity index (χ2v) is 3.64. The topological polar surface area (TPSA) is 70.1 Å². The maximum Gasteiger partial charge on any atom is 0.341 e. The van der Waals surface area contributed by atoms with E-state index in [0.29, 0.717) is 12.2 Å². The highest BCUT2D eigenvalue weighted by Crippen LogP contribution is 2.13. The Balaban J connectivity index is 1.93. The molecule has 5 nitrogen and oxygen atoms in total. The van der Waals surface area contributed by atoms with Crippen molar-refractivity contribution >= 4 is 11.7 Å². The number of carbonyl (C=O) groups is 1. The van der Waals surface area contributed by atoms with E-state index in [0.717, 1.165) is 6.07 Å². The number of nitrogen functional groups attached to an aromatic ring is 1. The lowest BCUT2D eigenvalue weighted by Crippen LogP contribution is -2.13. The molecule has 0 aliphatic heterocycles. The first-order valence-electron chi connectivity index (χ1n) is 5.36. The standard InChI is InChI=1S/C12H12FN3O2/c13-11-3-2-9(14)8-10(11)12(17)18-7-6-16-5-1-4-15-16/h1-5,8H,6-7,14H2. The molecular formula is C12H12FN3O2. The molecule has 2 N–H and O–H groups in total. The van der Waals surface area contributed by atoms with Gasteiger partial charge < -0.3 is 10.5 Å². The first-order chi connectivity index (χ1) is 8.66. The number of rotatable bonds is 4. The number of anilines is 1. The number of nitrogens with two attached hydrogens (primary N) is 1. The summed E-state index contributed by atoms with van der Waals surface area (Å²) in [6, 6.07) is 5.54. The van der Waals surface area contributed by atoms with Gasteiger partial charge in [0, 0.05) is 18.1 Å². The van der Waals surface area contributed by atoms with E-state index in [2.05, 4.69) is 5.10 Å². The number of carbonyl (C=O) groups excluding carboxylic acids is 1. The van der Waals surface area contributed by atoms with Gasteiger partial charge in [-0.15, -0.1) is 0 Å². The van der Waals surface area contributed by atoms with E-state index in [4.69, 9.17) is 10.5 Å². The molecule has 0 saturated carbocycles. The fraction of sp³-hybridized carbons (Fsp3) is 0.167. The summed E-state index contributed by atoms with van der Waals surface area (Å²) in [4.78, 5) is 11.6. The second-order valence-electron chi connectivity index (χ2n) is 3.64. The maximum absolute atomic E-state index is 13.3. The van der Waals surface area contributed by atoms with Crippen molar-refractivity contribution in [1.82, 2.24) is 9.78 Å². The fourth-order valence-electron chi connectivity index (χ4n) is 1.44. The normalized spacial score (nSPS) is 10.3. The number of esters is 1. The molecule has 2 rings (SSSR count). The Morgan fingerprint density at radius 3 is 3.06 bits per heavy atom. The predicted octanol–water partition coefficient (Wildman–Crippen LogP) is 1.46. The van der Waals surface area contributed by atoms with Crippen LogP contribution in [0.4, 0.5) is 10.1 Å². The quantitative estimate of drug-likeness (QED) is 0.658. The third-order valence-electron chi connectivity index (χ3n) is 2.32. The van der Waals surface area contributed by atoms with Crippen LogP contribution in [0.2, 0.25) is 0 Å². The van der Waals surface area contributed by atoms with Gasteiger partial charge in [0.15, 0.2) is 0 Å². The molecule has 18 heavy (non-hydrogen) atoms. The molecule has 0 fully saturated rings. The van der Waals surface area contributed by atoms with E-state index in [1.807, 2.05) is 0 Å². The molecule has 0 aliphatic rings. The highest BCUT2D eigenvalue weighted by molar-refractivity contribution is 5.90. The third kappa shape index (κ3) is 2.85. The van der Waals surface area contributed by atoms with E-state index in [1.54, 1.807) is 23.1 Å². The first kappa shape index (κ1) is 12.1. The molecule has 1 aromatic heterocycles. The summed E-state index contributed by atoms with van der Waals surface area (Å²) >= 11 is 0. The average Bonchev–Trinajstić information content (AvgIpc) is 2.85. The van der Waals surface area contributed by atoms with Gasteiger partial charge in [-0.1, -0.05) is 0 Å². The van der Waals surface area contributed by atoms with Crippen LogP contribution in [-0.4, -0.2) is 22.4 Å².